The average molecular weight is 534 g/mol. The molecule has 4 aliphatic rings. The number of ether oxygens (including phenoxy) is 1. The summed E-state index contributed by atoms with van der Waals surface area (Å²) in [6.45, 7) is 4.66. The molecule has 4 aliphatic carbocycles. The number of Topliss-reactive ketones (excluding diaryl/α,β-unsaturated/α-hetero) is 1. The molecule has 210 valence electrons. The van der Waals surface area contributed by atoms with Crippen LogP contribution in [0.2, 0.25) is 0 Å². The zero-order valence-corrected chi connectivity index (χ0v) is 22.3. The lowest BCUT2D eigenvalue weighted by Gasteiger charge is -2.60. The minimum Gasteiger partial charge on any atom is -0.480 e. The van der Waals surface area contributed by atoms with Crippen LogP contribution in [0.3, 0.4) is 0 Å². The van der Waals surface area contributed by atoms with E-state index >= 15 is 0 Å². The van der Waals surface area contributed by atoms with Crippen molar-refractivity contribution in [1.29, 1.82) is 0 Å². The largest absolute Gasteiger partial charge is 0.480 e. The van der Waals surface area contributed by atoms with Crippen LogP contribution in [-0.2, 0) is 28.7 Å². The fourth-order valence-corrected chi connectivity index (χ4v) is 8.08. The van der Waals surface area contributed by atoms with E-state index in [0.717, 1.165) is 18.4 Å². The third-order valence-corrected chi connectivity index (χ3v) is 10.2. The van der Waals surface area contributed by atoms with Crippen LogP contribution in [0, 0.1) is 28.6 Å². The van der Waals surface area contributed by atoms with Crippen LogP contribution < -0.4 is 5.32 Å². The van der Waals surface area contributed by atoms with Crippen molar-refractivity contribution in [1.82, 2.24) is 5.32 Å². The Morgan fingerprint density at radius 3 is 2.53 bits per heavy atom. The first-order valence-electron chi connectivity index (χ1n) is 13.6. The van der Waals surface area contributed by atoms with Crippen molar-refractivity contribution in [3.63, 3.8) is 0 Å². The van der Waals surface area contributed by atoms with E-state index in [4.69, 9.17) is 9.84 Å². The molecule has 1 amide bonds. The highest BCUT2D eigenvalue weighted by molar-refractivity contribution is 5.92. The Morgan fingerprint density at radius 2 is 1.84 bits per heavy atom. The Bertz CT molecular complexity index is 1070. The quantitative estimate of drug-likeness (QED) is 0.340. The molecular formula is C28H39NO9. The zero-order valence-electron chi connectivity index (χ0n) is 22.3. The highest BCUT2D eigenvalue weighted by Gasteiger charge is 2.68. The number of hydrogen-bond donors (Lipinski definition) is 4. The normalized spacial score (nSPS) is 38.7. The topological polar surface area (TPSA) is 167 Å². The van der Waals surface area contributed by atoms with Gasteiger partial charge in [-0.2, -0.15) is 0 Å². The second-order valence-electron chi connectivity index (χ2n) is 12.2. The number of allylic oxidation sites excluding steroid dienone is 1. The van der Waals surface area contributed by atoms with Gasteiger partial charge < -0.3 is 25.4 Å². The molecule has 3 saturated carbocycles. The third-order valence-electron chi connectivity index (χ3n) is 10.2. The van der Waals surface area contributed by atoms with Gasteiger partial charge in [0.1, 0.15) is 11.6 Å². The monoisotopic (exact) mass is 533 g/mol. The SMILES string of the molecule is CC(NC(=O)CCC(=O)OCC(=O)[C@@]1(O)CC[C@H]2[C@@H]3CCC4=CC(=O)CC[C@]4(C)[C@H]3[C@@H](O)C[C@@]21C)C(=O)O. The molecule has 0 radical (unpaired) electrons. The molecule has 4 rings (SSSR count). The van der Waals surface area contributed by atoms with Crippen molar-refractivity contribution in [2.75, 3.05) is 6.61 Å². The maximum Gasteiger partial charge on any atom is 0.325 e. The van der Waals surface area contributed by atoms with Gasteiger partial charge in [-0.3, -0.25) is 24.0 Å². The third kappa shape index (κ3) is 4.70. The molecule has 10 nitrogen and oxygen atoms in total. The molecule has 4 N–H and O–H groups in total. The van der Waals surface area contributed by atoms with Crippen LogP contribution in [0.5, 0.6) is 0 Å². The minimum absolute atomic E-state index is 0.0106. The standard InChI is InChI=1S/C28H39NO9/c1-15(25(35)36)29-22(33)6-7-23(34)38-14-21(32)28(37)11-9-19-18-5-4-16-12-17(30)8-10-26(16,2)24(18)20(31)13-27(19,28)3/h12,15,18-20,24,31,37H,4-11,13-14H2,1-3H3,(H,29,33)(H,35,36)/t15?,18-,19-,20-,24+,26-,27-,28-/m0/s1. The first-order chi connectivity index (χ1) is 17.7. The number of fused-ring (bicyclic) bond motifs is 5. The van der Waals surface area contributed by atoms with Crippen molar-refractivity contribution in [3.05, 3.63) is 11.6 Å². The van der Waals surface area contributed by atoms with Crippen LogP contribution >= 0.6 is 0 Å². The summed E-state index contributed by atoms with van der Waals surface area (Å²) in [5.74, 6) is -3.02. The van der Waals surface area contributed by atoms with E-state index in [1.165, 1.54) is 6.92 Å². The number of carbonyl (C=O) groups is 5. The Labute approximate surface area is 222 Å². The number of carboxylic acid groups (broad SMARTS) is 1. The van der Waals surface area contributed by atoms with Gasteiger partial charge in [-0.05, 0) is 74.7 Å². The van der Waals surface area contributed by atoms with Crippen LogP contribution in [0.25, 0.3) is 0 Å². The summed E-state index contributed by atoms with van der Waals surface area (Å²) in [4.78, 5) is 60.1. The van der Waals surface area contributed by atoms with E-state index in [2.05, 4.69) is 12.2 Å². The molecule has 0 heterocycles. The van der Waals surface area contributed by atoms with E-state index < -0.39 is 53.4 Å². The Balaban J connectivity index is 1.40. The molecule has 0 aromatic heterocycles. The highest BCUT2D eigenvalue weighted by Crippen LogP contribution is 2.67. The molecular weight excluding hydrogens is 494 g/mol. The number of nitrogens with one attached hydrogen (secondary N) is 1. The first-order valence-corrected chi connectivity index (χ1v) is 13.6. The lowest BCUT2D eigenvalue weighted by atomic mass is 9.45. The lowest BCUT2D eigenvalue weighted by molar-refractivity contribution is -0.184. The molecule has 1 unspecified atom stereocenters. The summed E-state index contributed by atoms with van der Waals surface area (Å²) in [6.07, 6.45) is 4.21. The van der Waals surface area contributed by atoms with Gasteiger partial charge in [0.05, 0.1) is 12.5 Å². The smallest absolute Gasteiger partial charge is 0.325 e. The molecule has 0 saturated heterocycles. The summed E-state index contributed by atoms with van der Waals surface area (Å²) in [5.41, 5.74) is -1.80. The van der Waals surface area contributed by atoms with Crippen molar-refractivity contribution >= 4 is 29.4 Å². The lowest BCUT2D eigenvalue weighted by Crippen LogP contribution is -2.62. The van der Waals surface area contributed by atoms with E-state index in [-0.39, 0.29) is 54.6 Å². The van der Waals surface area contributed by atoms with E-state index in [1.807, 2.05) is 6.92 Å². The number of aliphatic hydroxyl groups is 2. The first kappa shape index (κ1) is 28.4. The molecule has 3 fully saturated rings. The molecule has 0 spiro atoms. The van der Waals surface area contributed by atoms with Crippen molar-refractivity contribution in [3.8, 4) is 0 Å². The Kier molecular flexibility index (Phi) is 7.62. The summed E-state index contributed by atoms with van der Waals surface area (Å²) >= 11 is 0. The van der Waals surface area contributed by atoms with Gasteiger partial charge >= 0.3 is 11.9 Å². The second-order valence-corrected chi connectivity index (χ2v) is 12.2. The molecule has 10 heteroatoms. The van der Waals surface area contributed by atoms with Gasteiger partial charge in [-0.25, -0.2) is 0 Å². The number of hydrogen-bond acceptors (Lipinski definition) is 8. The van der Waals surface area contributed by atoms with Crippen LogP contribution in [0.4, 0.5) is 0 Å². The highest BCUT2D eigenvalue weighted by atomic mass is 16.5. The summed E-state index contributed by atoms with van der Waals surface area (Å²) in [6, 6.07) is -1.09. The second kappa shape index (κ2) is 10.2. The van der Waals surface area contributed by atoms with Gasteiger partial charge in [-0.15, -0.1) is 0 Å². The van der Waals surface area contributed by atoms with Gasteiger partial charge in [-0.1, -0.05) is 19.4 Å². The van der Waals surface area contributed by atoms with E-state index in [9.17, 15) is 34.2 Å². The number of esters is 1. The number of carboxylic acids is 1. The average Bonchev–Trinajstić information content (AvgIpc) is 3.12. The zero-order chi connectivity index (χ0) is 28.0. The van der Waals surface area contributed by atoms with Gasteiger partial charge in [0.15, 0.2) is 12.4 Å². The number of carbonyl (C=O) groups excluding carboxylic acids is 4. The van der Waals surface area contributed by atoms with Crippen LogP contribution in [-0.4, -0.2) is 69.1 Å². The maximum atomic E-state index is 13.3. The van der Waals surface area contributed by atoms with Crippen molar-refractivity contribution in [2.24, 2.45) is 28.6 Å². The fourth-order valence-electron chi connectivity index (χ4n) is 8.08. The Hall–Kier alpha value is -2.59. The number of aliphatic hydroxyl groups excluding tert-OH is 1. The van der Waals surface area contributed by atoms with Crippen molar-refractivity contribution in [2.45, 2.75) is 96.3 Å². The molecule has 0 aromatic carbocycles. The fraction of sp³-hybridized carbons (Fsp3) is 0.750. The summed E-state index contributed by atoms with van der Waals surface area (Å²) in [5, 5.41) is 34.2. The van der Waals surface area contributed by atoms with Crippen molar-refractivity contribution < 1.29 is 44.0 Å². The van der Waals surface area contributed by atoms with Gasteiger partial charge in [0, 0.05) is 18.3 Å². The number of rotatable bonds is 8. The van der Waals surface area contributed by atoms with Crippen LogP contribution in [0.15, 0.2) is 11.6 Å². The van der Waals surface area contributed by atoms with E-state index in [0.29, 0.717) is 19.3 Å². The van der Waals surface area contributed by atoms with Gasteiger partial charge in [0.25, 0.3) is 0 Å². The maximum absolute atomic E-state index is 13.3. The van der Waals surface area contributed by atoms with Crippen LogP contribution in [0.1, 0.15) is 78.6 Å². The molecule has 0 aliphatic heterocycles. The molecule has 0 aromatic rings. The molecule has 38 heavy (non-hydrogen) atoms. The molecule has 8 atom stereocenters. The number of aliphatic carboxylic acids is 1. The minimum atomic E-state index is -1.75. The Morgan fingerprint density at radius 1 is 1.13 bits per heavy atom. The summed E-state index contributed by atoms with van der Waals surface area (Å²) < 4.78 is 5.09. The van der Waals surface area contributed by atoms with Gasteiger partial charge in [0.2, 0.25) is 11.7 Å². The number of amides is 1. The molecule has 0 bridgehead atoms. The summed E-state index contributed by atoms with van der Waals surface area (Å²) in [7, 11) is 0. The number of ketones is 2. The van der Waals surface area contributed by atoms with E-state index in [1.54, 1.807) is 6.08 Å². The predicted molar refractivity (Wildman–Crippen MR) is 133 cm³/mol. The predicted octanol–water partition coefficient (Wildman–Crippen LogP) is 1.70.